The zero-order valence-corrected chi connectivity index (χ0v) is 12.0. The Kier molecular flexibility index (Phi) is 4.22. The van der Waals surface area contributed by atoms with Crippen LogP contribution in [0.4, 0.5) is 0 Å². The van der Waals surface area contributed by atoms with Gasteiger partial charge in [0.2, 0.25) is 5.88 Å². The van der Waals surface area contributed by atoms with Gasteiger partial charge in [-0.25, -0.2) is 4.68 Å². The fourth-order valence-corrected chi connectivity index (χ4v) is 2.18. The summed E-state index contributed by atoms with van der Waals surface area (Å²) in [5.41, 5.74) is 2.23. The van der Waals surface area contributed by atoms with E-state index in [1.807, 2.05) is 39.2 Å². The summed E-state index contributed by atoms with van der Waals surface area (Å²) < 4.78 is 7.55. The van der Waals surface area contributed by atoms with Crippen LogP contribution < -0.4 is 10.1 Å². The van der Waals surface area contributed by atoms with Crippen LogP contribution in [0.1, 0.15) is 30.6 Å². The van der Waals surface area contributed by atoms with E-state index < -0.39 is 0 Å². The number of aromatic nitrogens is 2. The van der Waals surface area contributed by atoms with E-state index in [0.717, 1.165) is 23.7 Å². The summed E-state index contributed by atoms with van der Waals surface area (Å²) in [6, 6.07) is 10.5. The lowest BCUT2D eigenvalue weighted by Gasteiger charge is -2.14. The highest BCUT2D eigenvalue weighted by Crippen LogP contribution is 2.24. The normalized spacial score (nSPS) is 12.4. The molecule has 1 N–H and O–H groups in total. The summed E-state index contributed by atoms with van der Waals surface area (Å²) in [6.45, 7) is 4.12. The Labute approximate surface area is 114 Å². The molecule has 1 heterocycles. The van der Waals surface area contributed by atoms with Crippen molar-refractivity contribution >= 4 is 0 Å². The Bertz CT molecular complexity index is 527. The van der Waals surface area contributed by atoms with Gasteiger partial charge >= 0.3 is 0 Å². The Morgan fingerprint density at radius 1 is 1.32 bits per heavy atom. The molecule has 1 aromatic heterocycles. The van der Waals surface area contributed by atoms with Crippen LogP contribution in [0.2, 0.25) is 0 Å². The van der Waals surface area contributed by atoms with Crippen LogP contribution in [0.3, 0.4) is 0 Å². The third-order valence-corrected chi connectivity index (χ3v) is 3.22. The van der Waals surface area contributed by atoms with E-state index in [9.17, 15) is 0 Å². The van der Waals surface area contributed by atoms with Gasteiger partial charge in [-0.2, -0.15) is 5.10 Å². The van der Waals surface area contributed by atoms with Crippen LogP contribution in [-0.2, 0) is 7.05 Å². The molecule has 0 fully saturated rings. The standard InChI is InChI=1S/C15H21N3O/c1-5-14(16-3)12-6-8-13(9-7-12)19-15-10-11(2)17-18(15)4/h6-10,14,16H,5H2,1-4H3. The van der Waals surface area contributed by atoms with E-state index in [1.54, 1.807) is 4.68 Å². The Morgan fingerprint density at radius 3 is 2.47 bits per heavy atom. The van der Waals surface area contributed by atoms with E-state index in [2.05, 4.69) is 29.5 Å². The first-order chi connectivity index (χ1) is 9.13. The Balaban J connectivity index is 2.12. The summed E-state index contributed by atoms with van der Waals surface area (Å²) in [6.07, 6.45) is 1.07. The first-order valence-corrected chi connectivity index (χ1v) is 6.59. The van der Waals surface area contributed by atoms with Crippen molar-refractivity contribution in [3.63, 3.8) is 0 Å². The first-order valence-electron chi connectivity index (χ1n) is 6.59. The maximum atomic E-state index is 5.81. The van der Waals surface area contributed by atoms with Gasteiger partial charge in [-0.3, -0.25) is 0 Å². The van der Waals surface area contributed by atoms with Crippen molar-refractivity contribution in [2.75, 3.05) is 7.05 Å². The van der Waals surface area contributed by atoms with Crippen molar-refractivity contribution in [1.82, 2.24) is 15.1 Å². The van der Waals surface area contributed by atoms with Gasteiger partial charge in [0.15, 0.2) is 0 Å². The molecule has 0 spiro atoms. The number of hydrogen-bond acceptors (Lipinski definition) is 3. The summed E-state index contributed by atoms with van der Waals surface area (Å²) in [4.78, 5) is 0. The number of nitrogens with one attached hydrogen (secondary N) is 1. The molecule has 0 bridgehead atoms. The number of hydrogen-bond donors (Lipinski definition) is 1. The number of ether oxygens (including phenoxy) is 1. The van der Waals surface area contributed by atoms with Gasteiger partial charge in [0, 0.05) is 19.2 Å². The molecule has 2 aromatic rings. The predicted molar refractivity (Wildman–Crippen MR) is 76.6 cm³/mol. The lowest BCUT2D eigenvalue weighted by atomic mass is 10.1. The van der Waals surface area contributed by atoms with Crippen molar-refractivity contribution in [2.45, 2.75) is 26.3 Å². The van der Waals surface area contributed by atoms with E-state index in [4.69, 9.17) is 4.74 Å². The molecule has 19 heavy (non-hydrogen) atoms. The molecule has 1 aromatic carbocycles. The van der Waals surface area contributed by atoms with Crippen molar-refractivity contribution < 1.29 is 4.74 Å². The average Bonchev–Trinajstić information content (AvgIpc) is 2.71. The van der Waals surface area contributed by atoms with Gasteiger partial charge < -0.3 is 10.1 Å². The molecule has 0 aliphatic rings. The smallest absolute Gasteiger partial charge is 0.217 e. The minimum Gasteiger partial charge on any atom is -0.439 e. The summed E-state index contributed by atoms with van der Waals surface area (Å²) in [5, 5.41) is 7.56. The zero-order valence-electron chi connectivity index (χ0n) is 12.0. The molecule has 0 aliphatic heterocycles. The minimum absolute atomic E-state index is 0.396. The average molecular weight is 259 g/mol. The van der Waals surface area contributed by atoms with Crippen molar-refractivity contribution in [3.05, 3.63) is 41.6 Å². The van der Waals surface area contributed by atoms with Gasteiger partial charge in [0.05, 0.1) is 5.69 Å². The quantitative estimate of drug-likeness (QED) is 0.896. The second-order valence-corrected chi connectivity index (χ2v) is 4.67. The van der Waals surface area contributed by atoms with Gasteiger partial charge in [0.25, 0.3) is 0 Å². The third kappa shape index (κ3) is 3.15. The molecule has 0 saturated heterocycles. The lowest BCUT2D eigenvalue weighted by Crippen LogP contribution is -2.14. The van der Waals surface area contributed by atoms with Crippen LogP contribution in [0.5, 0.6) is 11.6 Å². The molecular formula is C15H21N3O. The van der Waals surface area contributed by atoms with Crippen LogP contribution in [0.15, 0.2) is 30.3 Å². The molecule has 0 radical (unpaired) electrons. The largest absolute Gasteiger partial charge is 0.439 e. The maximum Gasteiger partial charge on any atom is 0.217 e. The van der Waals surface area contributed by atoms with E-state index in [0.29, 0.717) is 6.04 Å². The van der Waals surface area contributed by atoms with E-state index in [1.165, 1.54) is 5.56 Å². The molecule has 0 amide bonds. The van der Waals surface area contributed by atoms with Crippen molar-refractivity contribution in [2.24, 2.45) is 7.05 Å². The van der Waals surface area contributed by atoms with Gasteiger partial charge in [0.1, 0.15) is 5.75 Å². The van der Waals surface area contributed by atoms with Crippen LogP contribution in [-0.4, -0.2) is 16.8 Å². The number of benzene rings is 1. The lowest BCUT2D eigenvalue weighted by molar-refractivity contribution is 0.430. The SMILES string of the molecule is CCC(NC)c1ccc(Oc2cc(C)nn2C)cc1. The van der Waals surface area contributed by atoms with Crippen LogP contribution >= 0.6 is 0 Å². The molecule has 2 rings (SSSR count). The predicted octanol–water partition coefficient (Wildman–Crippen LogP) is 3.19. The fourth-order valence-electron chi connectivity index (χ4n) is 2.18. The number of nitrogens with zero attached hydrogens (tertiary/aromatic N) is 2. The van der Waals surface area contributed by atoms with Crippen LogP contribution in [0.25, 0.3) is 0 Å². The highest BCUT2D eigenvalue weighted by atomic mass is 16.5. The van der Waals surface area contributed by atoms with Gasteiger partial charge in [-0.15, -0.1) is 0 Å². The Hall–Kier alpha value is -1.81. The molecule has 1 atom stereocenters. The van der Waals surface area contributed by atoms with Gasteiger partial charge in [-0.05, 0) is 38.1 Å². The summed E-state index contributed by atoms with van der Waals surface area (Å²) in [7, 11) is 3.86. The van der Waals surface area contributed by atoms with Crippen LogP contribution in [0, 0.1) is 6.92 Å². The minimum atomic E-state index is 0.396. The molecule has 4 heteroatoms. The molecule has 0 saturated carbocycles. The number of aryl methyl sites for hydroxylation is 2. The Morgan fingerprint density at radius 2 is 2.00 bits per heavy atom. The fraction of sp³-hybridized carbons (Fsp3) is 0.400. The van der Waals surface area contributed by atoms with Crippen molar-refractivity contribution in [3.8, 4) is 11.6 Å². The molecule has 4 nitrogen and oxygen atoms in total. The second-order valence-electron chi connectivity index (χ2n) is 4.67. The van der Waals surface area contributed by atoms with Gasteiger partial charge in [-0.1, -0.05) is 19.1 Å². The number of rotatable bonds is 5. The second kappa shape index (κ2) is 5.89. The maximum absolute atomic E-state index is 5.81. The summed E-state index contributed by atoms with van der Waals surface area (Å²) in [5.74, 6) is 1.59. The highest BCUT2D eigenvalue weighted by Gasteiger charge is 2.08. The molecule has 102 valence electrons. The van der Waals surface area contributed by atoms with E-state index >= 15 is 0 Å². The zero-order chi connectivity index (χ0) is 13.8. The highest BCUT2D eigenvalue weighted by molar-refractivity contribution is 5.32. The summed E-state index contributed by atoms with van der Waals surface area (Å²) >= 11 is 0. The third-order valence-electron chi connectivity index (χ3n) is 3.22. The molecule has 0 aliphatic carbocycles. The molecular weight excluding hydrogens is 238 g/mol. The molecule has 1 unspecified atom stereocenters. The topological polar surface area (TPSA) is 39.1 Å². The first kappa shape index (κ1) is 13.6. The monoisotopic (exact) mass is 259 g/mol. The van der Waals surface area contributed by atoms with Crippen molar-refractivity contribution in [1.29, 1.82) is 0 Å². The van der Waals surface area contributed by atoms with E-state index in [-0.39, 0.29) is 0 Å².